The number of rotatable bonds is 15. The van der Waals surface area contributed by atoms with Crippen LogP contribution in [0.25, 0.3) is 32.9 Å². The molecular weight excluding hydrogens is 990 g/mol. The van der Waals surface area contributed by atoms with E-state index in [9.17, 15) is 47.0 Å². The maximum Gasteiger partial charge on any atom is 0.335 e. The second-order valence-corrected chi connectivity index (χ2v) is 21.3. The molecular formula is C61H65F3N4O9. The molecule has 0 radical (unpaired) electrons. The third-order valence-corrected chi connectivity index (χ3v) is 12.9. The van der Waals surface area contributed by atoms with Crippen molar-refractivity contribution in [3.8, 4) is 11.4 Å². The molecule has 0 saturated carbocycles. The van der Waals surface area contributed by atoms with Gasteiger partial charge in [-0.15, -0.1) is 0 Å². The van der Waals surface area contributed by atoms with Gasteiger partial charge in [0.2, 0.25) is 0 Å². The van der Waals surface area contributed by atoms with Gasteiger partial charge in [-0.1, -0.05) is 0 Å². The number of amides is 1. The van der Waals surface area contributed by atoms with Crippen LogP contribution in [-0.4, -0.2) is 79.8 Å². The minimum atomic E-state index is -1.08. The van der Waals surface area contributed by atoms with E-state index in [0.717, 1.165) is 5.69 Å². The minimum Gasteiger partial charge on any atom is -0.478 e. The minimum absolute atomic E-state index is 0.0842. The second-order valence-electron chi connectivity index (χ2n) is 21.3. The molecule has 5 aromatic carbocycles. The van der Waals surface area contributed by atoms with Gasteiger partial charge in [-0.25, -0.2) is 18.0 Å². The van der Waals surface area contributed by atoms with E-state index >= 15 is 0 Å². The Balaban J connectivity index is 0.000000237. The van der Waals surface area contributed by atoms with Crippen LogP contribution >= 0.6 is 0 Å². The van der Waals surface area contributed by atoms with Crippen LogP contribution in [0.15, 0.2) is 131 Å². The van der Waals surface area contributed by atoms with Crippen molar-refractivity contribution in [1.82, 2.24) is 14.0 Å². The van der Waals surface area contributed by atoms with Crippen LogP contribution in [0, 0.1) is 17.5 Å². The van der Waals surface area contributed by atoms with E-state index < -0.39 is 28.8 Å². The summed E-state index contributed by atoms with van der Waals surface area (Å²) in [5, 5.41) is 11.3. The first-order chi connectivity index (χ1) is 36.4. The smallest absolute Gasteiger partial charge is 0.335 e. The van der Waals surface area contributed by atoms with Crippen LogP contribution in [0.1, 0.15) is 119 Å². The lowest BCUT2D eigenvalue weighted by atomic mass is 10.0. The molecule has 77 heavy (non-hydrogen) atoms. The zero-order valence-electron chi connectivity index (χ0n) is 44.5. The molecule has 7 aromatic rings. The number of esters is 2. The molecule has 16 heteroatoms. The van der Waals surface area contributed by atoms with Gasteiger partial charge in [0.25, 0.3) is 17.0 Å². The third kappa shape index (κ3) is 14.9. The van der Waals surface area contributed by atoms with E-state index in [2.05, 4.69) is 4.90 Å². The van der Waals surface area contributed by atoms with Gasteiger partial charge in [-0.3, -0.25) is 33.1 Å². The van der Waals surface area contributed by atoms with Crippen LogP contribution in [-0.2, 0) is 31.9 Å². The van der Waals surface area contributed by atoms with Gasteiger partial charge in [0, 0.05) is 83.3 Å². The van der Waals surface area contributed by atoms with Crippen molar-refractivity contribution in [3.05, 3.63) is 182 Å². The lowest BCUT2D eigenvalue weighted by Crippen LogP contribution is -2.54. The Kier molecular flexibility index (Phi) is 17.9. The number of carbonyl (C=O) groups excluding carboxylic acids is 3. The highest BCUT2D eigenvalue weighted by Gasteiger charge is 2.29. The molecule has 1 aliphatic heterocycles. The summed E-state index contributed by atoms with van der Waals surface area (Å²) >= 11 is 0. The van der Waals surface area contributed by atoms with Gasteiger partial charge in [-0.2, -0.15) is 0 Å². The number of piperazine rings is 1. The second kappa shape index (κ2) is 24.3. The number of carboxylic acids is 1. The summed E-state index contributed by atoms with van der Waals surface area (Å²) in [5.41, 5.74) is 2.23. The van der Waals surface area contributed by atoms with Crippen molar-refractivity contribution in [3.63, 3.8) is 0 Å². The molecule has 1 saturated heterocycles. The van der Waals surface area contributed by atoms with Crippen LogP contribution in [0.5, 0.6) is 0 Å². The summed E-state index contributed by atoms with van der Waals surface area (Å²) in [6, 6.07) is 30.8. The number of carbonyl (C=O) groups is 4. The van der Waals surface area contributed by atoms with Crippen LogP contribution in [0.3, 0.4) is 0 Å². The monoisotopic (exact) mass is 1050 g/mol. The van der Waals surface area contributed by atoms with Gasteiger partial charge in [0.1, 0.15) is 28.7 Å². The highest BCUT2D eigenvalue weighted by atomic mass is 19.1. The van der Waals surface area contributed by atoms with E-state index in [1.807, 2.05) is 59.4 Å². The number of hydrogen-bond donors (Lipinski definition) is 1. The zero-order chi connectivity index (χ0) is 55.8. The Hall–Kier alpha value is -8.01. The Morgan fingerprint density at radius 2 is 0.948 bits per heavy atom. The normalized spacial score (nSPS) is 13.8. The molecule has 8 rings (SSSR count). The largest absolute Gasteiger partial charge is 0.478 e. The van der Waals surface area contributed by atoms with E-state index in [1.165, 1.54) is 71.3 Å². The predicted molar refractivity (Wildman–Crippen MR) is 292 cm³/mol. The number of pyridine rings is 2. The van der Waals surface area contributed by atoms with Crippen molar-refractivity contribution in [2.75, 3.05) is 24.5 Å². The standard InChI is InChI=1S/C36H39F2N3O4.C25H26FNO5/c1-24-23-39(29-14-10-27(37)11-15-29)19-20-40(24)34(43)25-9-18-32-26(21-25)22-31(7-5-6-8-33(42)45-36(2,3)4)41(35(32)44)30-16-12-28(38)13-17-30;1-25(2,3)32-22(28)7-5-4-6-20-15-17-14-16(24(30)31)8-13-21(17)23(29)27(20)19-11-9-18(26)10-12-19/h9-18,21-22,24H,5-8,19-20,23H2,1-4H3;8-15H,4-7H2,1-3H3,(H,30,31)/t24-;/m1./s1. The van der Waals surface area contributed by atoms with Gasteiger partial charge >= 0.3 is 17.9 Å². The molecule has 1 atom stereocenters. The highest BCUT2D eigenvalue weighted by Crippen LogP contribution is 2.26. The van der Waals surface area contributed by atoms with Crippen molar-refractivity contribution in [2.24, 2.45) is 0 Å². The van der Waals surface area contributed by atoms with E-state index in [0.29, 0.717) is 108 Å². The highest BCUT2D eigenvalue weighted by molar-refractivity contribution is 5.99. The number of nitrogens with zero attached hydrogens (tertiary/aromatic N) is 4. The molecule has 404 valence electrons. The Bertz CT molecular complexity index is 3400. The molecule has 2 aromatic heterocycles. The maximum atomic E-state index is 13.8. The fourth-order valence-electron chi connectivity index (χ4n) is 9.37. The first-order valence-corrected chi connectivity index (χ1v) is 25.8. The molecule has 0 spiro atoms. The van der Waals surface area contributed by atoms with E-state index in [-0.39, 0.29) is 59.2 Å². The molecule has 1 amide bonds. The Labute approximate surface area is 445 Å². The third-order valence-electron chi connectivity index (χ3n) is 12.9. The number of aromatic nitrogens is 2. The quantitative estimate of drug-likeness (QED) is 0.0774. The van der Waals surface area contributed by atoms with Crippen LogP contribution in [0.4, 0.5) is 18.9 Å². The predicted octanol–water partition coefficient (Wildman–Crippen LogP) is 11.6. The molecule has 1 N–H and O–H groups in total. The lowest BCUT2D eigenvalue weighted by Gasteiger charge is -2.41. The van der Waals surface area contributed by atoms with Gasteiger partial charge in [0.15, 0.2) is 0 Å². The summed E-state index contributed by atoms with van der Waals surface area (Å²) in [7, 11) is 0. The number of unbranched alkanes of at least 4 members (excludes halogenated alkanes) is 2. The average Bonchev–Trinajstić information content (AvgIpc) is 3.37. The molecule has 0 bridgehead atoms. The molecule has 13 nitrogen and oxygen atoms in total. The first-order valence-electron chi connectivity index (χ1n) is 25.8. The SMILES string of the molecule is CC(C)(C)OC(=O)CCCCc1cc2cc(C(=O)O)ccc2c(=O)n1-c1ccc(F)cc1.C[C@@H]1CN(c2ccc(F)cc2)CCN1C(=O)c1ccc2c(=O)n(-c3ccc(F)cc3)c(CCCCC(=O)OC(C)(C)C)cc2c1. The maximum absolute atomic E-state index is 13.8. The number of ether oxygens (including phenoxy) is 2. The van der Waals surface area contributed by atoms with Crippen molar-refractivity contribution < 1.29 is 46.9 Å². The van der Waals surface area contributed by atoms with Gasteiger partial charge in [-0.05, 0) is 219 Å². The summed E-state index contributed by atoms with van der Waals surface area (Å²) < 4.78 is 54.4. The van der Waals surface area contributed by atoms with Gasteiger partial charge in [0.05, 0.1) is 5.56 Å². The molecule has 1 fully saturated rings. The number of benzene rings is 5. The van der Waals surface area contributed by atoms with E-state index in [4.69, 9.17) is 9.47 Å². The van der Waals surface area contributed by atoms with Crippen molar-refractivity contribution in [2.45, 2.75) is 117 Å². The summed E-state index contributed by atoms with van der Waals surface area (Å²) in [6.45, 7) is 14.6. The number of aryl methyl sites for hydroxylation is 2. The number of aromatic carboxylic acids is 1. The van der Waals surface area contributed by atoms with Gasteiger partial charge < -0.3 is 24.4 Å². The first kappa shape index (κ1) is 56.7. The zero-order valence-corrected chi connectivity index (χ0v) is 44.5. The lowest BCUT2D eigenvalue weighted by molar-refractivity contribution is -0.156. The molecule has 3 heterocycles. The number of carboxylic acid groups (broad SMARTS) is 1. The number of hydrogen-bond acceptors (Lipinski definition) is 9. The topological polar surface area (TPSA) is 157 Å². The number of fused-ring (bicyclic) bond motifs is 2. The molecule has 1 aliphatic rings. The Morgan fingerprint density at radius 1 is 0.545 bits per heavy atom. The molecule has 0 aliphatic carbocycles. The number of anilines is 1. The Morgan fingerprint density at radius 3 is 1.35 bits per heavy atom. The summed E-state index contributed by atoms with van der Waals surface area (Å²) in [6.07, 6.45) is 3.87. The van der Waals surface area contributed by atoms with Crippen molar-refractivity contribution >= 4 is 51.0 Å². The summed E-state index contributed by atoms with van der Waals surface area (Å²) in [5.74, 6) is -2.84. The van der Waals surface area contributed by atoms with Crippen molar-refractivity contribution in [1.29, 1.82) is 0 Å². The average molecular weight is 1060 g/mol. The number of halogens is 3. The fraction of sp³-hybridized carbons (Fsp3) is 0.344. The van der Waals surface area contributed by atoms with Crippen LogP contribution < -0.4 is 16.0 Å². The summed E-state index contributed by atoms with van der Waals surface area (Å²) in [4.78, 5) is 80.3. The van der Waals surface area contributed by atoms with E-state index in [1.54, 1.807) is 53.1 Å². The fourth-order valence-corrected chi connectivity index (χ4v) is 9.37. The van der Waals surface area contributed by atoms with Crippen LogP contribution in [0.2, 0.25) is 0 Å². The molecule has 0 unspecified atom stereocenters.